The third-order valence-corrected chi connectivity index (χ3v) is 7.42. The fourth-order valence-electron chi connectivity index (χ4n) is 2.80. The van der Waals surface area contributed by atoms with Crippen molar-refractivity contribution in [3.05, 3.63) is 65.2 Å². The highest BCUT2D eigenvalue weighted by Crippen LogP contribution is 2.29. The standard InChI is InChI=1S/C21H24N4O3S3/c1-14(2)29-21-24-23-20(30-21)22-19(26)16-9-11-18(12-10-16)25(31(4,27)28)13-17-8-6-5-7-15(17)3/h5-12,14H,13H2,1-4H3,(H,22,23,26). The number of amides is 1. The number of carbonyl (C=O) groups is 1. The third-order valence-electron chi connectivity index (χ3n) is 4.36. The highest BCUT2D eigenvalue weighted by atomic mass is 32.2. The third kappa shape index (κ3) is 6.28. The molecule has 3 rings (SSSR count). The zero-order valence-corrected chi connectivity index (χ0v) is 20.1. The van der Waals surface area contributed by atoms with Gasteiger partial charge in [0, 0.05) is 10.8 Å². The van der Waals surface area contributed by atoms with E-state index in [-0.39, 0.29) is 12.5 Å². The molecular weight excluding hydrogens is 452 g/mol. The highest BCUT2D eigenvalue weighted by Gasteiger charge is 2.19. The lowest BCUT2D eigenvalue weighted by Gasteiger charge is -2.23. The van der Waals surface area contributed by atoms with E-state index in [1.54, 1.807) is 36.0 Å². The van der Waals surface area contributed by atoms with Gasteiger partial charge in [-0.2, -0.15) is 0 Å². The average Bonchev–Trinajstić information content (AvgIpc) is 3.12. The molecule has 0 aliphatic carbocycles. The van der Waals surface area contributed by atoms with Crippen molar-refractivity contribution in [3.63, 3.8) is 0 Å². The van der Waals surface area contributed by atoms with Gasteiger partial charge in [-0.05, 0) is 42.3 Å². The van der Waals surface area contributed by atoms with E-state index < -0.39 is 10.0 Å². The minimum Gasteiger partial charge on any atom is -0.296 e. The Bertz CT molecular complexity index is 1160. The molecule has 0 spiro atoms. The molecule has 0 fully saturated rings. The van der Waals surface area contributed by atoms with Gasteiger partial charge in [-0.3, -0.25) is 14.4 Å². The zero-order valence-electron chi connectivity index (χ0n) is 17.7. The van der Waals surface area contributed by atoms with E-state index in [4.69, 9.17) is 0 Å². The van der Waals surface area contributed by atoms with Crippen LogP contribution in [-0.2, 0) is 16.6 Å². The Balaban J connectivity index is 1.76. The summed E-state index contributed by atoms with van der Waals surface area (Å²) in [6.07, 6.45) is 1.17. The SMILES string of the molecule is Cc1ccccc1CN(c1ccc(C(=O)Nc2nnc(SC(C)C)s2)cc1)S(C)(=O)=O. The summed E-state index contributed by atoms with van der Waals surface area (Å²) in [5.74, 6) is -0.325. The Morgan fingerprint density at radius 2 is 1.81 bits per heavy atom. The Morgan fingerprint density at radius 3 is 2.42 bits per heavy atom. The topological polar surface area (TPSA) is 92.3 Å². The minimum atomic E-state index is -3.51. The summed E-state index contributed by atoms with van der Waals surface area (Å²) in [6.45, 7) is 6.29. The molecule has 0 aliphatic rings. The first-order chi connectivity index (χ1) is 14.6. The van der Waals surface area contributed by atoms with Crippen LogP contribution in [0, 0.1) is 6.92 Å². The van der Waals surface area contributed by atoms with E-state index in [0.717, 1.165) is 15.5 Å². The molecule has 164 valence electrons. The molecule has 1 heterocycles. The number of hydrogen-bond acceptors (Lipinski definition) is 7. The van der Waals surface area contributed by atoms with Gasteiger partial charge in [-0.15, -0.1) is 10.2 Å². The van der Waals surface area contributed by atoms with E-state index in [1.165, 1.54) is 21.9 Å². The maximum atomic E-state index is 12.5. The van der Waals surface area contributed by atoms with Crippen molar-refractivity contribution in [2.24, 2.45) is 0 Å². The van der Waals surface area contributed by atoms with Crippen molar-refractivity contribution in [2.45, 2.75) is 36.9 Å². The van der Waals surface area contributed by atoms with Crippen LogP contribution in [0.5, 0.6) is 0 Å². The number of nitrogens with one attached hydrogen (secondary N) is 1. The smallest absolute Gasteiger partial charge is 0.257 e. The van der Waals surface area contributed by atoms with Gasteiger partial charge in [-0.25, -0.2) is 8.42 Å². The lowest BCUT2D eigenvalue weighted by Crippen LogP contribution is -2.29. The van der Waals surface area contributed by atoms with Gasteiger partial charge >= 0.3 is 0 Å². The zero-order chi connectivity index (χ0) is 22.6. The number of anilines is 2. The van der Waals surface area contributed by atoms with Crippen molar-refractivity contribution in [1.82, 2.24) is 10.2 Å². The van der Waals surface area contributed by atoms with E-state index in [1.807, 2.05) is 31.2 Å². The average molecular weight is 477 g/mol. The molecule has 2 aromatic carbocycles. The van der Waals surface area contributed by atoms with Gasteiger partial charge in [0.2, 0.25) is 15.2 Å². The van der Waals surface area contributed by atoms with E-state index >= 15 is 0 Å². The summed E-state index contributed by atoms with van der Waals surface area (Å²) in [4.78, 5) is 12.5. The van der Waals surface area contributed by atoms with Gasteiger partial charge in [-0.1, -0.05) is 61.2 Å². The number of sulfonamides is 1. The molecule has 0 radical (unpaired) electrons. The number of hydrogen-bond donors (Lipinski definition) is 1. The Labute approximate surface area is 191 Å². The summed E-state index contributed by atoms with van der Waals surface area (Å²) in [5.41, 5.74) is 2.83. The second-order valence-electron chi connectivity index (χ2n) is 7.24. The van der Waals surface area contributed by atoms with E-state index in [0.29, 0.717) is 21.6 Å². The minimum absolute atomic E-state index is 0.220. The van der Waals surface area contributed by atoms with Crippen molar-refractivity contribution in [1.29, 1.82) is 0 Å². The highest BCUT2D eigenvalue weighted by molar-refractivity contribution is 8.01. The molecule has 31 heavy (non-hydrogen) atoms. The number of aromatic nitrogens is 2. The van der Waals surface area contributed by atoms with Crippen molar-refractivity contribution < 1.29 is 13.2 Å². The van der Waals surface area contributed by atoms with Crippen LogP contribution >= 0.6 is 23.1 Å². The second kappa shape index (κ2) is 9.80. The lowest BCUT2D eigenvalue weighted by molar-refractivity contribution is 0.102. The van der Waals surface area contributed by atoms with Gasteiger partial charge < -0.3 is 0 Å². The summed E-state index contributed by atoms with van der Waals surface area (Å²) in [7, 11) is -3.51. The van der Waals surface area contributed by atoms with Crippen molar-refractivity contribution in [2.75, 3.05) is 15.9 Å². The van der Waals surface area contributed by atoms with Crippen LogP contribution in [0.4, 0.5) is 10.8 Å². The molecule has 0 aliphatic heterocycles. The number of nitrogens with zero attached hydrogens (tertiary/aromatic N) is 3. The lowest BCUT2D eigenvalue weighted by atomic mass is 10.1. The van der Waals surface area contributed by atoms with E-state index in [2.05, 4.69) is 29.4 Å². The predicted molar refractivity (Wildman–Crippen MR) is 128 cm³/mol. The molecule has 7 nitrogen and oxygen atoms in total. The molecule has 0 unspecified atom stereocenters. The van der Waals surface area contributed by atoms with Crippen molar-refractivity contribution in [3.8, 4) is 0 Å². The summed E-state index contributed by atoms with van der Waals surface area (Å²) in [6, 6.07) is 14.1. The van der Waals surface area contributed by atoms with Crippen LogP contribution in [0.3, 0.4) is 0 Å². The first-order valence-electron chi connectivity index (χ1n) is 9.57. The number of thioether (sulfide) groups is 1. The van der Waals surface area contributed by atoms with Gasteiger partial charge in [0.1, 0.15) is 0 Å². The maximum absolute atomic E-state index is 12.5. The fraction of sp³-hybridized carbons (Fsp3) is 0.286. The van der Waals surface area contributed by atoms with E-state index in [9.17, 15) is 13.2 Å². The number of rotatable bonds is 8. The molecule has 1 amide bonds. The molecule has 10 heteroatoms. The second-order valence-corrected chi connectivity index (χ2v) is 11.9. The normalized spacial score (nSPS) is 11.5. The number of aryl methyl sites for hydroxylation is 1. The number of carbonyl (C=O) groups excluding carboxylic acids is 1. The molecular formula is C21H24N4O3S3. The first-order valence-corrected chi connectivity index (χ1v) is 13.1. The summed E-state index contributed by atoms with van der Waals surface area (Å²) >= 11 is 2.90. The fourth-order valence-corrected chi connectivity index (χ4v) is 5.65. The molecule has 1 N–H and O–H groups in total. The van der Waals surface area contributed by atoms with Crippen LogP contribution < -0.4 is 9.62 Å². The van der Waals surface area contributed by atoms with Gasteiger partial charge in [0.25, 0.3) is 5.91 Å². The largest absolute Gasteiger partial charge is 0.296 e. The van der Waals surface area contributed by atoms with Crippen LogP contribution in [0.2, 0.25) is 0 Å². The van der Waals surface area contributed by atoms with Crippen LogP contribution in [0.15, 0.2) is 52.9 Å². The van der Waals surface area contributed by atoms with Gasteiger partial charge in [0.15, 0.2) is 4.34 Å². The molecule has 0 atom stereocenters. The monoisotopic (exact) mass is 476 g/mol. The van der Waals surface area contributed by atoms with Crippen LogP contribution in [0.1, 0.15) is 35.3 Å². The van der Waals surface area contributed by atoms with Gasteiger partial charge in [0.05, 0.1) is 18.5 Å². The molecule has 0 bridgehead atoms. The van der Waals surface area contributed by atoms with Crippen LogP contribution in [0.25, 0.3) is 0 Å². The Morgan fingerprint density at radius 1 is 1.13 bits per heavy atom. The molecule has 3 aromatic rings. The summed E-state index contributed by atoms with van der Waals surface area (Å²) in [5, 5.41) is 11.6. The van der Waals surface area contributed by atoms with Crippen molar-refractivity contribution >= 4 is 49.8 Å². The Kier molecular flexibility index (Phi) is 7.34. The quantitative estimate of drug-likeness (QED) is 0.378. The first kappa shape index (κ1) is 23.2. The molecule has 1 aromatic heterocycles. The maximum Gasteiger partial charge on any atom is 0.257 e. The van der Waals surface area contributed by atoms with Crippen LogP contribution in [-0.4, -0.2) is 36.0 Å². The Hall–Kier alpha value is -2.43. The predicted octanol–water partition coefficient (Wildman–Crippen LogP) is 4.57. The number of benzene rings is 2. The summed E-state index contributed by atoms with van der Waals surface area (Å²) < 4.78 is 27.0. The molecule has 0 saturated carbocycles. The molecule has 0 saturated heterocycles.